The van der Waals surface area contributed by atoms with E-state index >= 15 is 0 Å². The second-order valence-electron chi connectivity index (χ2n) is 9.03. The SMILES string of the molecule is CO[C@@H](Cc1cnn2cc([C@@](N)(OC(=O)C(F)(F)F)[C@@H](C)O[C@H](C)C(F)(F)F)nc2c1)N1C[C@@H](C(F)(F)F)NC1=O. The van der Waals surface area contributed by atoms with Crippen LogP contribution < -0.4 is 11.1 Å². The number of nitrogens with two attached hydrogens (primary N) is 1. The Morgan fingerprint density at radius 1 is 1.15 bits per heavy atom. The van der Waals surface area contributed by atoms with E-state index in [1.165, 1.54) is 6.07 Å². The van der Waals surface area contributed by atoms with Gasteiger partial charge in [-0.05, 0) is 25.5 Å². The Morgan fingerprint density at radius 3 is 2.29 bits per heavy atom. The van der Waals surface area contributed by atoms with Crippen LogP contribution in [0.5, 0.6) is 0 Å². The first kappa shape index (κ1) is 32.1. The van der Waals surface area contributed by atoms with E-state index in [0.29, 0.717) is 6.92 Å². The Labute approximate surface area is 224 Å². The van der Waals surface area contributed by atoms with Crippen LogP contribution in [-0.4, -0.2) is 88.2 Å². The van der Waals surface area contributed by atoms with Crippen LogP contribution in [0.4, 0.5) is 44.3 Å². The molecule has 1 fully saturated rings. The Bertz CT molecular complexity index is 1270. The molecule has 3 N–H and O–H groups in total. The number of alkyl halides is 9. The van der Waals surface area contributed by atoms with Gasteiger partial charge in [-0.1, -0.05) is 0 Å². The summed E-state index contributed by atoms with van der Waals surface area (Å²) in [5.41, 5.74) is 2.29. The van der Waals surface area contributed by atoms with Gasteiger partial charge in [0.25, 0.3) is 0 Å². The minimum absolute atomic E-state index is 0.166. The van der Waals surface area contributed by atoms with Gasteiger partial charge in [-0.3, -0.25) is 10.6 Å². The number of imidazole rings is 1. The molecule has 11 nitrogen and oxygen atoms in total. The highest BCUT2D eigenvalue weighted by Gasteiger charge is 2.52. The molecule has 0 spiro atoms. The van der Waals surface area contributed by atoms with Crippen molar-refractivity contribution in [1.29, 1.82) is 0 Å². The zero-order valence-corrected chi connectivity index (χ0v) is 21.3. The molecule has 3 rings (SSSR count). The van der Waals surface area contributed by atoms with Crippen molar-refractivity contribution in [2.24, 2.45) is 5.73 Å². The van der Waals surface area contributed by atoms with Crippen molar-refractivity contribution in [2.75, 3.05) is 13.7 Å². The highest BCUT2D eigenvalue weighted by molar-refractivity contribution is 5.77. The van der Waals surface area contributed by atoms with Gasteiger partial charge < -0.3 is 19.5 Å². The maximum atomic E-state index is 13.0. The number of halogens is 9. The molecule has 0 bridgehead atoms. The van der Waals surface area contributed by atoms with Crippen molar-refractivity contribution in [1.82, 2.24) is 24.8 Å². The smallest absolute Gasteiger partial charge is 0.428 e. The largest absolute Gasteiger partial charge is 0.491 e. The van der Waals surface area contributed by atoms with Crippen molar-refractivity contribution in [3.05, 3.63) is 29.7 Å². The number of fused-ring (bicyclic) bond motifs is 1. The predicted octanol–water partition coefficient (Wildman–Crippen LogP) is 2.77. The lowest BCUT2D eigenvalue weighted by Crippen LogP contribution is -2.55. The van der Waals surface area contributed by atoms with E-state index in [0.717, 1.165) is 35.8 Å². The zero-order valence-electron chi connectivity index (χ0n) is 21.3. The molecule has 5 atom stereocenters. The number of carbonyl (C=O) groups is 2. The minimum Gasteiger partial charge on any atom is -0.428 e. The number of hydrogen-bond donors (Lipinski definition) is 2. The number of nitrogens with one attached hydrogen (secondary N) is 1. The van der Waals surface area contributed by atoms with E-state index in [4.69, 9.17) is 15.2 Å². The molecular weight excluding hydrogens is 587 g/mol. The standard InChI is InChI=1S/C21H23F9N6O5/c1-9(40-10(2)19(22,23)24)18(31,41-16(37)21(28,29)30)12-8-36-14(33-12)4-11(6-32-36)5-15(39-3)35-7-13(20(25,26)27)34-17(35)38/h4,6,8-10,13,15H,5,7,31H2,1-3H3,(H,34,38)/t9-,10-,13+,15+,18+/m1/s1. The van der Waals surface area contributed by atoms with Crippen LogP contribution >= 0.6 is 0 Å². The molecule has 230 valence electrons. The summed E-state index contributed by atoms with van der Waals surface area (Å²) in [6, 6.07) is -1.93. The highest BCUT2D eigenvalue weighted by Crippen LogP contribution is 2.33. The summed E-state index contributed by atoms with van der Waals surface area (Å²) in [5, 5.41) is 5.74. The van der Waals surface area contributed by atoms with Gasteiger partial charge in [-0.25, -0.2) is 19.1 Å². The minimum atomic E-state index is -5.58. The molecule has 2 amide bonds. The van der Waals surface area contributed by atoms with Crippen molar-refractivity contribution in [3.8, 4) is 0 Å². The van der Waals surface area contributed by atoms with E-state index < -0.39 is 73.0 Å². The number of rotatable bonds is 9. The van der Waals surface area contributed by atoms with Gasteiger partial charge in [-0.15, -0.1) is 0 Å². The summed E-state index contributed by atoms with van der Waals surface area (Å²) < 4.78 is 132. The van der Waals surface area contributed by atoms with Gasteiger partial charge in [0, 0.05) is 13.5 Å². The lowest BCUT2D eigenvalue weighted by Gasteiger charge is -2.35. The first-order valence-electron chi connectivity index (χ1n) is 11.5. The number of urea groups is 1. The number of ether oxygens (including phenoxy) is 3. The lowest BCUT2D eigenvalue weighted by atomic mass is 10.1. The Morgan fingerprint density at radius 2 is 1.78 bits per heavy atom. The third-order valence-corrected chi connectivity index (χ3v) is 6.11. The van der Waals surface area contributed by atoms with Gasteiger partial charge >= 0.3 is 30.5 Å². The molecular formula is C21H23F9N6O5. The van der Waals surface area contributed by atoms with Crippen LogP contribution in [0.1, 0.15) is 25.1 Å². The van der Waals surface area contributed by atoms with Gasteiger partial charge in [0.15, 0.2) is 11.8 Å². The third kappa shape index (κ3) is 7.10. The Hall–Kier alpha value is -3.39. The molecule has 2 aromatic rings. The van der Waals surface area contributed by atoms with Crippen molar-refractivity contribution >= 4 is 17.6 Å². The monoisotopic (exact) mass is 610 g/mol. The third-order valence-electron chi connectivity index (χ3n) is 6.11. The van der Waals surface area contributed by atoms with Crippen LogP contribution in [0, 0.1) is 0 Å². The summed E-state index contributed by atoms with van der Waals surface area (Å²) in [6.45, 7) is 0.648. The van der Waals surface area contributed by atoms with Gasteiger partial charge in [0.05, 0.1) is 18.9 Å². The number of esters is 1. The second kappa shape index (κ2) is 11.1. The number of amides is 2. The fraction of sp³-hybridized carbons (Fsp3) is 0.619. The van der Waals surface area contributed by atoms with E-state index in [1.807, 2.05) is 0 Å². The fourth-order valence-corrected chi connectivity index (χ4v) is 3.77. The molecule has 0 unspecified atom stereocenters. The summed E-state index contributed by atoms with van der Waals surface area (Å²) in [7, 11) is 1.14. The lowest BCUT2D eigenvalue weighted by molar-refractivity contribution is -0.259. The fourth-order valence-electron chi connectivity index (χ4n) is 3.77. The molecule has 0 saturated carbocycles. The Balaban J connectivity index is 1.92. The van der Waals surface area contributed by atoms with E-state index in [1.54, 1.807) is 5.32 Å². The first-order chi connectivity index (χ1) is 18.7. The van der Waals surface area contributed by atoms with E-state index in [2.05, 4.69) is 14.8 Å². The summed E-state index contributed by atoms with van der Waals surface area (Å²) in [4.78, 5) is 28.5. The first-order valence-corrected chi connectivity index (χ1v) is 11.5. The molecule has 1 aliphatic heterocycles. The van der Waals surface area contributed by atoms with Gasteiger partial charge in [-0.2, -0.15) is 44.6 Å². The van der Waals surface area contributed by atoms with Gasteiger partial charge in [0.2, 0.25) is 5.72 Å². The summed E-state index contributed by atoms with van der Waals surface area (Å²) >= 11 is 0. The summed E-state index contributed by atoms with van der Waals surface area (Å²) in [6.07, 6.45) is -19.2. The van der Waals surface area contributed by atoms with Crippen LogP contribution in [0.15, 0.2) is 18.5 Å². The van der Waals surface area contributed by atoms with Crippen LogP contribution in [0.25, 0.3) is 5.65 Å². The maximum Gasteiger partial charge on any atom is 0.491 e. The molecule has 1 aliphatic rings. The molecule has 0 aromatic carbocycles. The van der Waals surface area contributed by atoms with E-state index in [9.17, 15) is 49.1 Å². The number of aromatic nitrogens is 3. The number of hydrogen-bond acceptors (Lipinski definition) is 8. The van der Waals surface area contributed by atoms with Crippen LogP contribution in [0.2, 0.25) is 0 Å². The topological polar surface area (TPSA) is 133 Å². The van der Waals surface area contributed by atoms with E-state index in [-0.39, 0.29) is 17.6 Å². The number of methoxy groups -OCH3 is 1. The average molecular weight is 610 g/mol. The average Bonchev–Trinajstić information content (AvgIpc) is 3.44. The molecule has 1 saturated heterocycles. The van der Waals surface area contributed by atoms with Crippen LogP contribution in [-0.2, 0) is 31.2 Å². The molecule has 20 heteroatoms. The zero-order chi connectivity index (χ0) is 31.1. The quantitative estimate of drug-likeness (QED) is 0.252. The van der Waals surface area contributed by atoms with Crippen molar-refractivity contribution in [2.45, 2.75) is 69.0 Å². The van der Waals surface area contributed by atoms with Crippen molar-refractivity contribution < 1.29 is 63.3 Å². The maximum absolute atomic E-state index is 13.0. The molecule has 3 heterocycles. The van der Waals surface area contributed by atoms with Gasteiger partial charge in [0.1, 0.15) is 24.1 Å². The molecule has 0 radical (unpaired) electrons. The predicted molar refractivity (Wildman–Crippen MR) is 117 cm³/mol. The second-order valence-corrected chi connectivity index (χ2v) is 9.03. The molecule has 2 aromatic heterocycles. The number of carbonyl (C=O) groups excluding carboxylic acids is 2. The van der Waals surface area contributed by atoms with Crippen molar-refractivity contribution in [3.63, 3.8) is 0 Å². The van der Waals surface area contributed by atoms with Crippen LogP contribution in [0.3, 0.4) is 0 Å². The summed E-state index contributed by atoms with van der Waals surface area (Å²) in [5.74, 6) is -2.83. The Kier molecular flexibility index (Phi) is 8.71. The molecule has 0 aliphatic carbocycles. The molecule has 41 heavy (non-hydrogen) atoms. The normalized spacial score (nSPS) is 20.5. The highest BCUT2D eigenvalue weighted by atomic mass is 19.4. The number of nitrogens with zero attached hydrogens (tertiary/aromatic N) is 4.